The number of esters is 1. The molecule has 1 aromatic carbocycles. The number of carbonyl (C=O) groups is 2. The van der Waals surface area contributed by atoms with Crippen LogP contribution in [0.15, 0.2) is 35.4 Å². The topological polar surface area (TPSA) is 111 Å². The Bertz CT molecular complexity index is 958. The Morgan fingerprint density at radius 2 is 1.93 bits per heavy atom. The van der Waals surface area contributed by atoms with Gasteiger partial charge in [-0.15, -0.1) is 0 Å². The predicted molar refractivity (Wildman–Crippen MR) is 112 cm³/mol. The summed E-state index contributed by atoms with van der Waals surface area (Å²) < 4.78 is 15.4. The van der Waals surface area contributed by atoms with E-state index in [-0.39, 0.29) is 23.8 Å². The van der Waals surface area contributed by atoms with Crippen LogP contribution in [0.5, 0.6) is 11.5 Å². The predicted octanol–water partition coefficient (Wildman–Crippen LogP) is 2.94. The van der Waals surface area contributed by atoms with Gasteiger partial charge in [0.1, 0.15) is 16.8 Å². The van der Waals surface area contributed by atoms with Gasteiger partial charge in [0.15, 0.2) is 11.5 Å². The summed E-state index contributed by atoms with van der Waals surface area (Å²) in [5.74, 6) is 0.370. The van der Waals surface area contributed by atoms with Crippen LogP contribution in [0.4, 0.5) is 0 Å². The van der Waals surface area contributed by atoms with Crippen LogP contribution < -0.4 is 14.8 Å². The zero-order chi connectivity index (χ0) is 22.1. The molecule has 1 atom stereocenters. The van der Waals surface area contributed by atoms with Crippen molar-refractivity contribution in [2.75, 3.05) is 20.8 Å². The zero-order valence-corrected chi connectivity index (χ0v) is 18.0. The van der Waals surface area contributed by atoms with Crippen molar-refractivity contribution in [2.45, 2.75) is 30.7 Å². The summed E-state index contributed by atoms with van der Waals surface area (Å²) in [4.78, 5) is 28.6. The Hall–Kier alpha value is -3.25. The van der Waals surface area contributed by atoms with E-state index in [2.05, 4.69) is 10.3 Å². The number of ether oxygens (including phenoxy) is 3. The molecular weight excluding hydrogens is 406 g/mol. The van der Waals surface area contributed by atoms with E-state index in [0.29, 0.717) is 23.1 Å². The van der Waals surface area contributed by atoms with Gasteiger partial charge in [0, 0.05) is 6.54 Å². The summed E-state index contributed by atoms with van der Waals surface area (Å²) >= 11 is 1.10. The molecule has 158 valence electrons. The zero-order valence-electron chi connectivity index (χ0n) is 17.2. The molecule has 1 amide bonds. The smallest absolute Gasteiger partial charge is 0.356 e. The highest BCUT2D eigenvalue weighted by Gasteiger charge is 2.19. The Morgan fingerprint density at radius 3 is 2.57 bits per heavy atom. The van der Waals surface area contributed by atoms with Crippen LogP contribution in [0.1, 0.15) is 35.5 Å². The molecule has 0 spiro atoms. The fourth-order valence-corrected chi connectivity index (χ4v) is 3.40. The number of nitriles is 1. The number of methoxy groups -OCH3 is 2. The summed E-state index contributed by atoms with van der Waals surface area (Å²) in [6.07, 6.45) is 0. The molecule has 0 saturated heterocycles. The molecule has 0 aliphatic heterocycles. The number of thioether (sulfide) groups is 1. The maximum absolute atomic E-state index is 12.5. The highest BCUT2D eigenvalue weighted by Crippen LogP contribution is 2.28. The monoisotopic (exact) mass is 429 g/mol. The third-order valence-electron chi connectivity index (χ3n) is 4.04. The fourth-order valence-electron chi connectivity index (χ4n) is 2.48. The van der Waals surface area contributed by atoms with Crippen molar-refractivity contribution in [1.82, 2.24) is 10.3 Å². The summed E-state index contributed by atoms with van der Waals surface area (Å²) in [5.41, 5.74) is 1.22. The Morgan fingerprint density at radius 1 is 1.20 bits per heavy atom. The first-order chi connectivity index (χ1) is 14.4. The summed E-state index contributed by atoms with van der Waals surface area (Å²) in [5, 5.41) is 11.9. The molecule has 0 aliphatic carbocycles. The van der Waals surface area contributed by atoms with Crippen LogP contribution >= 0.6 is 11.8 Å². The number of amides is 1. The van der Waals surface area contributed by atoms with Crippen molar-refractivity contribution < 1.29 is 23.8 Å². The fraction of sp³-hybridized carbons (Fsp3) is 0.333. The minimum absolute atomic E-state index is 0.0938. The van der Waals surface area contributed by atoms with Crippen molar-refractivity contribution in [2.24, 2.45) is 0 Å². The molecule has 8 nitrogen and oxygen atoms in total. The lowest BCUT2D eigenvalue weighted by atomic mass is 10.2. The lowest BCUT2D eigenvalue weighted by molar-refractivity contribution is -0.120. The van der Waals surface area contributed by atoms with Crippen molar-refractivity contribution in [3.05, 3.63) is 47.2 Å². The van der Waals surface area contributed by atoms with E-state index in [1.165, 1.54) is 12.1 Å². The molecule has 30 heavy (non-hydrogen) atoms. The number of hydrogen-bond donors (Lipinski definition) is 1. The largest absolute Gasteiger partial charge is 0.493 e. The van der Waals surface area contributed by atoms with Crippen molar-refractivity contribution in [3.8, 4) is 17.6 Å². The molecule has 0 unspecified atom stereocenters. The molecular formula is C21H23N3O5S. The van der Waals surface area contributed by atoms with Crippen molar-refractivity contribution >= 4 is 23.6 Å². The molecule has 0 saturated carbocycles. The van der Waals surface area contributed by atoms with Gasteiger partial charge in [0.2, 0.25) is 5.91 Å². The average Bonchev–Trinajstić information content (AvgIpc) is 2.77. The van der Waals surface area contributed by atoms with Crippen LogP contribution in [-0.2, 0) is 16.1 Å². The maximum Gasteiger partial charge on any atom is 0.356 e. The van der Waals surface area contributed by atoms with E-state index in [0.717, 1.165) is 17.3 Å². The van der Waals surface area contributed by atoms with E-state index in [1.807, 2.05) is 12.1 Å². The molecule has 1 N–H and O–H groups in total. The van der Waals surface area contributed by atoms with Crippen LogP contribution in [0.2, 0.25) is 0 Å². The standard InChI is InChI=1S/C21H23N3O5S/c1-5-29-21(26)16-8-7-15(11-22)20(24-16)30-13(2)19(25)23-12-14-6-9-17(27-3)18(10-14)28-4/h6-10,13H,5,12H2,1-4H3,(H,23,25)/t13-/m1/s1. The van der Waals surface area contributed by atoms with Gasteiger partial charge in [0.05, 0.1) is 31.6 Å². The molecule has 0 radical (unpaired) electrons. The Balaban J connectivity index is 2.06. The van der Waals surface area contributed by atoms with Gasteiger partial charge >= 0.3 is 5.97 Å². The summed E-state index contributed by atoms with van der Waals surface area (Å²) in [6.45, 7) is 3.92. The second-order valence-electron chi connectivity index (χ2n) is 6.05. The summed E-state index contributed by atoms with van der Waals surface area (Å²) in [7, 11) is 3.10. The molecule has 1 aromatic heterocycles. The minimum Gasteiger partial charge on any atom is -0.493 e. The minimum atomic E-state index is -0.575. The number of pyridine rings is 1. The van der Waals surface area contributed by atoms with Gasteiger partial charge in [-0.3, -0.25) is 4.79 Å². The van der Waals surface area contributed by atoms with Crippen molar-refractivity contribution in [1.29, 1.82) is 5.26 Å². The quantitative estimate of drug-likeness (QED) is 0.478. The summed E-state index contributed by atoms with van der Waals surface area (Å²) in [6, 6.07) is 10.3. The third-order valence-corrected chi connectivity index (χ3v) is 5.14. The van der Waals surface area contributed by atoms with Gasteiger partial charge in [-0.05, 0) is 43.7 Å². The van der Waals surface area contributed by atoms with Gasteiger partial charge in [-0.25, -0.2) is 9.78 Å². The van der Waals surface area contributed by atoms with Crippen LogP contribution in [0.3, 0.4) is 0 Å². The van der Waals surface area contributed by atoms with E-state index in [4.69, 9.17) is 14.2 Å². The number of benzene rings is 1. The molecule has 2 aromatic rings. The van der Waals surface area contributed by atoms with Crippen LogP contribution in [0.25, 0.3) is 0 Å². The Labute approximate surface area is 179 Å². The van der Waals surface area contributed by atoms with Gasteiger partial charge in [-0.1, -0.05) is 17.8 Å². The average molecular weight is 429 g/mol. The van der Waals surface area contributed by atoms with Crippen LogP contribution in [0, 0.1) is 11.3 Å². The Kier molecular flexibility index (Phi) is 8.50. The molecule has 1 heterocycles. The SMILES string of the molecule is CCOC(=O)c1ccc(C#N)c(S[C@H](C)C(=O)NCc2ccc(OC)c(OC)c2)n1. The third kappa shape index (κ3) is 5.87. The second-order valence-corrected chi connectivity index (χ2v) is 7.38. The van der Waals surface area contributed by atoms with Crippen molar-refractivity contribution in [3.63, 3.8) is 0 Å². The molecule has 0 aliphatic rings. The maximum atomic E-state index is 12.5. The normalized spacial score (nSPS) is 11.2. The van der Waals surface area contributed by atoms with E-state index in [1.54, 1.807) is 40.2 Å². The highest BCUT2D eigenvalue weighted by atomic mass is 32.2. The van der Waals surface area contributed by atoms with E-state index in [9.17, 15) is 14.9 Å². The molecule has 9 heteroatoms. The first-order valence-electron chi connectivity index (χ1n) is 9.17. The van der Waals surface area contributed by atoms with E-state index < -0.39 is 11.2 Å². The number of nitrogens with one attached hydrogen (secondary N) is 1. The number of rotatable bonds is 9. The van der Waals surface area contributed by atoms with Gasteiger partial charge < -0.3 is 19.5 Å². The second kappa shape index (κ2) is 11.1. The number of carbonyl (C=O) groups excluding carboxylic acids is 2. The number of aromatic nitrogens is 1. The lowest BCUT2D eigenvalue weighted by Gasteiger charge is -2.14. The molecule has 2 rings (SSSR count). The highest BCUT2D eigenvalue weighted by molar-refractivity contribution is 8.00. The van der Waals surface area contributed by atoms with E-state index >= 15 is 0 Å². The van der Waals surface area contributed by atoms with Gasteiger partial charge in [-0.2, -0.15) is 5.26 Å². The van der Waals surface area contributed by atoms with Crippen LogP contribution in [-0.4, -0.2) is 42.9 Å². The number of nitrogens with zero attached hydrogens (tertiary/aromatic N) is 2. The molecule has 0 fully saturated rings. The first kappa shape index (κ1) is 23.0. The molecule has 0 bridgehead atoms. The first-order valence-corrected chi connectivity index (χ1v) is 10.0. The van der Waals surface area contributed by atoms with Gasteiger partial charge in [0.25, 0.3) is 0 Å². The number of hydrogen-bond acceptors (Lipinski definition) is 8. The lowest BCUT2D eigenvalue weighted by Crippen LogP contribution is -2.30.